The molecule has 6 atom stereocenters. The molecule has 2 aliphatic heterocycles. The standard InChI is InChI=1S/C41H55Cl2FN4O5S.C36H43BrCl2FN3O5S.BrH/c1-4-48(3,5-2)21-12-10-8-6-7-9-11-13-22-54(50,51)46-41(49)29-19-20-36(35(44)24-29)47-26-30-23-31(47)25-37(30)52-27-32-39(45-53-40(32)28-17-18-28)38-33(42)15-14-16-34(38)43;37-16-7-5-3-1-2-4-6-8-17-49(45,46)42-36(44)24-14-15-31(30(40)19-24)43-21-25-18-26(43)20-32(25)47-22-27-34(41-48-35(27)23-12-13-23)33-28(38)10-9-11-29(33)39;/h14-16,19-20,24,28,30-31,37H,4-13,17-18,21-23,25-27H2,1-3H3;9-11,14-15,19,23,25-26,32H,1-8,12-13,16-18,20-22H2,(H,42,44);1H/t30-,31-,37+;25-,26-,32+;/m00./s1. The second kappa shape index (κ2) is 37.8. The highest BCUT2D eigenvalue weighted by molar-refractivity contribution is 9.09. The molecule has 0 unspecified atom stereocenters. The summed E-state index contributed by atoms with van der Waals surface area (Å²) >= 11 is 29.5. The van der Waals surface area contributed by atoms with Crippen molar-refractivity contribution in [2.45, 2.75) is 217 Å². The molecule has 6 aliphatic rings. The van der Waals surface area contributed by atoms with Crippen LogP contribution in [0.25, 0.3) is 22.5 Å². The van der Waals surface area contributed by atoms with E-state index in [4.69, 9.17) is 64.9 Å². The van der Waals surface area contributed by atoms with E-state index >= 15 is 8.78 Å². The summed E-state index contributed by atoms with van der Waals surface area (Å²) in [6, 6.07) is 19.3. The lowest BCUT2D eigenvalue weighted by Gasteiger charge is -2.33. The molecule has 2 N–H and O–H groups in total. The normalized spacial score (nSPS) is 19.9. The molecule has 0 spiro atoms. The van der Waals surface area contributed by atoms with Crippen molar-refractivity contribution in [1.82, 2.24) is 19.8 Å². The van der Waals surface area contributed by atoms with E-state index in [0.717, 1.165) is 147 Å². The highest BCUT2D eigenvalue weighted by Crippen LogP contribution is 2.50. The number of amides is 2. The number of carbonyl (C=O) groups is 2. The van der Waals surface area contributed by atoms with Gasteiger partial charge in [0.05, 0.1) is 95.1 Å². The Morgan fingerprint density at radius 3 is 1.26 bits per heavy atom. The molecular weight excluding hydrogens is 1590 g/mol. The maximum Gasteiger partial charge on any atom is 0.264 e. The molecule has 2 saturated heterocycles. The van der Waals surface area contributed by atoms with Crippen molar-refractivity contribution < 1.29 is 75.2 Å². The molecule has 2 amide bonds. The Morgan fingerprint density at radius 2 is 0.923 bits per heavy atom. The molecule has 4 bridgehead atoms. The molecule has 12 rings (SSSR count). The lowest BCUT2D eigenvalue weighted by atomic mass is 10.0. The Labute approximate surface area is 651 Å². The number of fused-ring (bicyclic) bond motifs is 4. The summed E-state index contributed by atoms with van der Waals surface area (Å²) in [5.41, 5.74) is 5.05. The number of ether oxygens (including phenoxy) is 2. The van der Waals surface area contributed by atoms with Crippen molar-refractivity contribution in [3.63, 3.8) is 0 Å². The van der Waals surface area contributed by atoms with Crippen LogP contribution in [0.4, 0.5) is 20.2 Å². The van der Waals surface area contributed by atoms with Crippen LogP contribution in [0.1, 0.15) is 223 Å². The average molecular weight is 1690 g/mol. The molecule has 2 aromatic heterocycles. The molecule has 6 fully saturated rings. The Morgan fingerprint density at radius 1 is 0.558 bits per heavy atom. The van der Waals surface area contributed by atoms with E-state index in [1.54, 1.807) is 48.5 Å². The number of quaternary nitrogens is 1. The van der Waals surface area contributed by atoms with Gasteiger partial charge in [0.15, 0.2) is 0 Å². The summed E-state index contributed by atoms with van der Waals surface area (Å²) in [6.07, 6.45) is 23.6. The lowest BCUT2D eigenvalue weighted by Crippen LogP contribution is -3.00. The fraction of sp³-hybridized carbons (Fsp3) is 0.584. The van der Waals surface area contributed by atoms with E-state index in [1.807, 2.05) is 9.80 Å². The molecule has 17 nitrogen and oxygen atoms in total. The second-order valence-electron chi connectivity index (χ2n) is 29.4. The Bertz CT molecular complexity index is 4090. The molecule has 0 radical (unpaired) electrons. The summed E-state index contributed by atoms with van der Waals surface area (Å²) in [7, 11) is -5.32. The number of nitrogens with zero attached hydrogens (tertiary/aromatic N) is 5. The third-order valence-electron chi connectivity index (χ3n) is 22.0. The van der Waals surface area contributed by atoms with Gasteiger partial charge in [0, 0.05) is 87.6 Å². The number of hydrogen-bond donors (Lipinski definition) is 2. The summed E-state index contributed by atoms with van der Waals surface area (Å²) in [5, 5.41) is 11.8. The number of unbranched alkanes of at least 4 members (excludes halogenated alkanes) is 14. The van der Waals surface area contributed by atoms with Gasteiger partial charge in [-0.2, -0.15) is 0 Å². The smallest absolute Gasteiger partial charge is 0.264 e. The van der Waals surface area contributed by atoms with Crippen LogP contribution in [-0.2, 0) is 42.7 Å². The minimum absolute atomic E-state index is 0. The number of sulfonamides is 2. The SMILES string of the molecule is CC[N+](C)(CC)CCCCCCCCCCS(=O)(=O)NC(=O)c1ccc(N2C[C@@H]3C[C@H]2C[C@H]3OCc2c(-c3c(Cl)cccc3Cl)noc2C2CC2)c(F)c1.O=C(NS(=O)(=O)CCCCCCCCCCBr)c1ccc(N2C[C@@H]3C[C@H]2C[C@H]3OCc2c(-c3c(Cl)cccc3Cl)noc2C2CC2)c(F)c1.[Br-]. The first-order valence-corrected chi connectivity index (χ1v) is 43.2. The average Bonchev–Trinajstić information content (AvgIpc) is 1.57. The monoisotopic (exact) mass is 1680 g/mol. The largest absolute Gasteiger partial charge is 1.00 e. The topological polar surface area (TPSA) is 203 Å². The molecule has 4 aromatic carbocycles. The van der Waals surface area contributed by atoms with Gasteiger partial charge in [0.1, 0.15) is 34.5 Å². The van der Waals surface area contributed by atoms with Gasteiger partial charge in [-0.3, -0.25) is 9.59 Å². The van der Waals surface area contributed by atoms with Gasteiger partial charge >= 0.3 is 0 Å². The second-order valence-corrected chi connectivity index (χ2v) is 35.5. The number of hydrogen-bond acceptors (Lipinski definition) is 14. The molecule has 570 valence electrons. The maximum atomic E-state index is 15.5. The first-order valence-electron chi connectivity index (χ1n) is 37.3. The molecular formula is C77H99Br2Cl4F2N7O10S2. The van der Waals surface area contributed by atoms with Crippen molar-refractivity contribution in [2.24, 2.45) is 11.8 Å². The zero-order valence-electron chi connectivity index (χ0n) is 59.7. The highest BCUT2D eigenvalue weighted by atomic mass is 79.9. The van der Waals surface area contributed by atoms with Crippen LogP contribution in [0.3, 0.4) is 0 Å². The molecule has 4 heterocycles. The third kappa shape index (κ3) is 21.3. The van der Waals surface area contributed by atoms with Gasteiger partial charge in [-0.25, -0.2) is 35.1 Å². The lowest BCUT2D eigenvalue weighted by molar-refractivity contribution is -0.906. The van der Waals surface area contributed by atoms with E-state index < -0.39 is 43.5 Å². The zero-order valence-corrected chi connectivity index (χ0v) is 67.6. The molecule has 6 aromatic rings. The minimum atomic E-state index is -3.82. The van der Waals surface area contributed by atoms with E-state index in [0.29, 0.717) is 105 Å². The van der Waals surface area contributed by atoms with Gasteiger partial charge in [-0.15, -0.1) is 0 Å². The van der Waals surface area contributed by atoms with Gasteiger partial charge in [0.25, 0.3) is 11.8 Å². The van der Waals surface area contributed by atoms with Crippen LogP contribution >= 0.6 is 62.3 Å². The molecule has 4 aliphatic carbocycles. The van der Waals surface area contributed by atoms with Crippen LogP contribution in [0, 0.1) is 23.5 Å². The van der Waals surface area contributed by atoms with Crippen LogP contribution in [0.15, 0.2) is 81.8 Å². The quantitative estimate of drug-likeness (QED) is 0.0209. The summed E-state index contributed by atoms with van der Waals surface area (Å²) < 4.78 is 111. The number of benzene rings is 4. The fourth-order valence-electron chi connectivity index (χ4n) is 15.4. The van der Waals surface area contributed by atoms with Crippen molar-refractivity contribution in [2.75, 3.05) is 66.4 Å². The number of piperidine rings is 2. The number of nitrogens with one attached hydrogen (secondary N) is 2. The number of anilines is 2. The molecule has 27 heteroatoms. The zero-order chi connectivity index (χ0) is 73.0. The Kier molecular flexibility index (Phi) is 29.9. The predicted molar refractivity (Wildman–Crippen MR) is 408 cm³/mol. The van der Waals surface area contributed by atoms with Gasteiger partial charge < -0.3 is 49.8 Å². The summed E-state index contributed by atoms with van der Waals surface area (Å²) in [4.78, 5) is 29.7. The number of alkyl halides is 1. The summed E-state index contributed by atoms with van der Waals surface area (Å²) in [5.74, 6) is -0.269. The minimum Gasteiger partial charge on any atom is -1.00 e. The van der Waals surface area contributed by atoms with Gasteiger partial charge in [-0.05, 0) is 158 Å². The van der Waals surface area contributed by atoms with Crippen LogP contribution < -0.4 is 36.2 Å². The van der Waals surface area contributed by atoms with Crippen LogP contribution in [0.2, 0.25) is 20.1 Å². The fourth-order valence-corrected chi connectivity index (χ4v) is 19.1. The van der Waals surface area contributed by atoms with E-state index in [1.165, 1.54) is 70.3 Å². The summed E-state index contributed by atoms with van der Waals surface area (Å²) in [6.45, 7) is 9.93. The molecule has 4 saturated carbocycles. The van der Waals surface area contributed by atoms with Gasteiger partial charge in [-0.1, -0.05) is 155 Å². The van der Waals surface area contributed by atoms with E-state index in [2.05, 4.69) is 56.6 Å². The maximum absolute atomic E-state index is 15.5. The predicted octanol–water partition coefficient (Wildman–Crippen LogP) is 15.9. The van der Waals surface area contributed by atoms with Crippen LogP contribution in [-0.4, -0.2) is 124 Å². The Hall–Kier alpha value is -4.40. The van der Waals surface area contributed by atoms with Crippen molar-refractivity contribution in [1.29, 1.82) is 0 Å². The molecule has 104 heavy (non-hydrogen) atoms. The van der Waals surface area contributed by atoms with Crippen molar-refractivity contribution in [3.05, 3.63) is 138 Å². The number of carbonyl (C=O) groups excluding carboxylic acids is 2. The first-order chi connectivity index (χ1) is 49.6. The van der Waals surface area contributed by atoms with Crippen molar-refractivity contribution >= 4 is 106 Å². The van der Waals surface area contributed by atoms with E-state index in [9.17, 15) is 26.4 Å². The van der Waals surface area contributed by atoms with Crippen LogP contribution in [0.5, 0.6) is 0 Å². The first kappa shape index (κ1) is 82.1. The Balaban J connectivity index is 0.000000222. The van der Waals surface area contributed by atoms with Crippen molar-refractivity contribution in [3.8, 4) is 22.5 Å². The number of halogens is 8. The highest BCUT2D eigenvalue weighted by Gasteiger charge is 2.48. The van der Waals surface area contributed by atoms with E-state index in [-0.39, 0.29) is 75.7 Å². The number of aromatic nitrogens is 2. The van der Waals surface area contributed by atoms with Gasteiger partial charge in [0.2, 0.25) is 20.0 Å². The number of rotatable bonds is 39. The third-order valence-corrected chi connectivity index (χ3v) is 26.5.